The molecule has 0 aromatic rings. The van der Waals surface area contributed by atoms with E-state index in [9.17, 15) is 0 Å². The molecule has 14 heavy (non-hydrogen) atoms. The van der Waals surface area contributed by atoms with Gasteiger partial charge in [-0.15, -0.1) is 0 Å². The van der Waals surface area contributed by atoms with Gasteiger partial charge in [-0.05, 0) is 43.9 Å². The molecule has 0 bridgehead atoms. The van der Waals surface area contributed by atoms with Crippen LogP contribution in [0.25, 0.3) is 0 Å². The lowest BCUT2D eigenvalue weighted by Crippen LogP contribution is -2.42. The molecule has 0 amide bonds. The van der Waals surface area contributed by atoms with Gasteiger partial charge in [0, 0.05) is 12.6 Å². The highest BCUT2D eigenvalue weighted by atomic mass is 14.9. The van der Waals surface area contributed by atoms with Crippen molar-refractivity contribution in [3.8, 4) is 0 Å². The molecule has 1 unspecified atom stereocenters. The van der Waals surface area contributed by atoms with E-state index < -0.39 is 0 Å². The van der Waals surface area contributed by atoms with E-state index in [1.807, 2.05) is 0 Å². The van der Waals surface area contributed by atoms with Gasteiger partial charge in [0.15, 0.2) is 0 Å². The molecule has 1 aliphatic rings. The van der Waals surface area contributed by atoms with Crippen molar-refractivity contribution >= 4 is 0 Å². The molecule has 0 aromatic heterocycles. The normalized spacial score (nSPS) is 22.1. The molecule has 1 saturated carbocycles. The highest BCUT2D eigenvalue weighted by Gasteiger charge is 2.34. The first-order chi connectivity index (χ1) is 6.58. The van der Waals surface area contributed by atoms with E-state index in [0.29, 0.717) is 11.5 Å². The lowest BCUT2D eigenvalue weighted by Gasteiger charge is -2.42. The second kappa shape index (κ2) is 5.16. The van der Waals surface area contributed by atoms with Crippen molar-refractivity contribution in [2.45, 2.75) is 65.8 Å². The monoisotopic (exact) mass is 197 g/mol. The van der Waals surface area contributed by atoms with Crippen LogP contribution in [0.5, 0.6) is 0 Å². The van der Waals surface area contributed by atoms with Crippen LogP contribution >= 0.6 is 0 Å². The zero-order valence-corrected chi connectivity index (χ0v) is 10.4. The zero-order chi connectivity index (χ0) is 10.6. The molecule has 0 saturated heterocycles. The second-order valence-electron chi connectivity index (χ2n) is 5.62. The van der Waals surface area contributed by atoms with Gasteiger partial charge in [-0.25, -0.2) is 0 Å². The summed E-state index contributed by atoms with van der Waals surface area (Å²) in [5.74, 6) is 0.816. The van der Waals surface area contributed by atoms with Gasteiger partial charge in [0.05, 0.1) is 0 Å². The maximum atomic E-state index is 3.71. The molecule has 1 fully saturated rings. The molecular formula is C13H27N. The van der Waals surface area contributed by atoms with Gasteiger partial charge in [0.1, 0.15) is 0 Å². The van der Waals surface area contributed by atoms with Crippen molar-refractivity contribution in [3.05, 3.63) is 0 Å². The largest absolute Gasteiger partial charge is 0.314 e. The summed E-state index contributed by atoms with van der Waals surface area (Å²) in [7, 11) is 0. The molecule has 1 rings (SSSR count). The van der Waals surface area contributed by atoms with E-state index in [1.54, 1.807) is 0 Å². The Bertz CT molecular complexity index is 153. The first-order valence-corrected chi connectivity index (χ1v) is 6.31. The van der Waals surface area contributed by atoms with Crippen molar-refractivity contribution in [1.29, 1.82) is 0 Å². The standard InChI is InChI=1S/C13H27N/c1-5-13(7-6-8-13)10-14-12(4)9-11(2)3/h11-12,14H,5-10H2,1-4H3. The summed E-state index contributed by atoms with van der Waals surface area (Å²) in [6, 6.07) is 0.694. The zero-order valence-electron chi connectivity index (χ0n) is 10.4. The third-order valence-corrected chi connectivity index (χ3v) is 3.81. The average molecular weight is 197 g/mol. The van der Waals surface area contributed by atoms with Crippen LogP contribution in [0.15, 0.2) is 0 Å². The van der Waals surface area contributed by atoms with Crippen LogP contribution in [0.3, 0.4) is 0 Å². The molecule has 84 valence electrons. The van der Waals surface area contributed by atoms with Gasteiger partial charge in [-0.1, -0.05) is 27.2 Å². The SMILES string of the molecule is CCC1(CNC(C)CC(C)C)CCC1. The molecule has 0 radical (unpaired) electrons. The van der Waals surface area contributed by atoms with Gasteiger partial charge < -0.3 is 5.32 Å². The van der Waals surface area contributed by atoms with Crippen molar-refractivity contribution in [2.75, 3.05) is 6.54 Å². The molecule has 1 aliphatic carbocycles. The number of nitrogens with one attached hydrogen (secondary N) is 1. The van der Waals surface area contributed by atoms with Gasteiger partial charge in [0.25, 0.3) is 0 Å². The van der Waals surface area contributed by atoms with Crippen molar-refractivity contribution in [1.82, 2.24) is 5.32 Å². The van der Waals surface area contributed by atoms with Crippen LogP contribution < -0.4 is 5.32 Å². The molecular weight excluding hydrogens is 170 g/mol. The Morgan fingerprint density at radius 1 is 1.21 bits per heavy atom. The van der Waals surface area contributed by atoms with Crippen LogP contribution in [0.4, 0.5) is 0 Å². The first kappa shape index (κ1) is 12.0. The van der Waals surface area contributed by atoms with Gasteiger partial charge in [0.2, 0.25) is 0 Å². The smallest absolute Gasteiger partial charge is 0.00413 e. The Morgan fingerprint density at radius 2 is 1.86 bits per heavy atom. The lowest BCUT2D eigenvalue weighted by atomic mass is 9.67. The van der Waals surface area contributed by atoms with E-state index in [4.69, 9.17) is 0 Å². The van der Waals surface area contributed by atoms with Crippen LogP contribution in [-0.2, 0) is 0 Å². The molecule has 0 aliphatic heterocycles. The average Bonchev–Trinajstić information content (AvgIpc) is 2.01. The second-order valence-corrected chi connectivity index (χ2v) is 5.62. The van der Waals surface area contributed by atoms with Crippen LogP contribution in [0.1, 0.15) is 59.8 Å². The number of hydrogen-bond acceptors (Lipinski definition) is 1. The van der Waals surface area contributed by atoms with Gasteiger partial charge in [-0.3, -0.25) is 0 Å². The molecule has 1 nitrogen and oxygen atoms in total. The summed E-state index contributed by atoms with van der Waals surface area (Å²) in [5, 5.41) is 3.71. The molecule has 1 atom stereocenters. The van der Waals surface area contributed by atoms with Crippen LogP contribution in [0, 0.1) is 11.3 Å². The van der Waals surface area contributed by atoms with E-state index in [-0.39, 0.29) is 0 Å². The Labute approximate surface area is 89.7 Å². The minimum atomic E-state index is 0.672. The summed E-state index contributed by atoms with van der Waals surface area (Å²) >= 11 is 0. The Balaban J connectivity index is 2.18. The molecule has 1 heteroatoms. The third-order valence-electron chi connectivity index (χ3n) is 3.81. The highest BCUT2D eigenvalue weighted by molar-refractivity contribution is 4.89. The number of hydrogen-bond donors (Lipinski definition) is 1. The topological polar surface area (TPSA) is 12.0 Å². The Hall–Kier alpha value is -0.0400. The maximum absolute atomic E-state index is 3.71. The van der Waals surface area contributed by atoms with E-state index in [2.05, 4.69) is 33.0 Å². The van der Waals surface area contributed by atoms with E-state index in [0.717, 1.165) is 5.92 Å². The minimum absolute atomic E-state index is 0.672. The summed E-state index contributed by atoms with van der Waals surface area (Å²) in [4.78, 5) is 0. The van der Waals surface area contributed by atoms with Gasteiger partial charge in [-0.2, -0.15) is 0 Å². The van der Waals surface area contributed by atoms with Crippen LogP contribution in [-0.4, -0.2) is 12.6 Å². The maximum Gasteiger partial charge on any atom is 0.00413 e. The fourth-order valence-corrected chi connectivity index (χ4v) is 2.51. The van der Waals surface area contributed by atoms with Crippen LogP contribution in [0.2, 0.25) is 0 Å². The quantitative estimate of drug-likeness (QED) is 0.686. The van der Waals surface area contributed by atoms with Gasteiger partial charge >= 0.3 is 0 Å². The molecule has 0 aromatic carbocycles. The summed E-state index contributed by atoms with van der Waals surface area (Å²) in [6.45, 7) is 10.5. The minimum Gasteiger partial charge on any atom is -0.314 e. The summed E-state index contributed by atoms with van der Waals surface area (Å²) in [5.41, 5.74) is 0.672. The fraction of sp³-hybridized carbons (Fsp3) is 1.00. The first-order valence-electron chi connectivity index (χ1n) is 6.31. The third kappa shape index (κ3) is 3.27. The predicted molar refractivity (Wildman–Crippen MR) is 63.5 cm³/mol. The van der Waals surface area contributed by atoms with Crippen molar-refractivity contribution in [2.24, 2.45) is 11.3 Å². The highest BCUT2D eigenvalue weighted by Crippen LogP contribution is 2.43. The van der Waals surface area contributed by atoms with E-state index >= 15 is 0 Å². The Morgan fingerprint density at radius 3 is 2.21 bits per heavy atom. The summed E-state index contributed by atoms with van der Waals surface area (Å²) in [6.07, 6.45) is 7.01. The van der Waals surface area contributed by atoms with E-state index in [1.165, 1.54) is 38.6 Å². The summed E-state index contributed by atoms with van der Waals surface area (Å²) < 4.78 is 0. The van der Waals surface area contributed by atoms with Crippen molar-refractivity contribution in [3.63, 3.8) is 0 Å². The number of rotatable bonds is 6. The predicted octanol–water partition coefficient (Wildman–Crippen LogP) is 3.59. The molecule has 0 spiro atoms. The van der Waals surface area contributed by atoms with Crippen molar-refractivity contribution < 1.29 is 0 Å². The lowest BCUT2D eigenvalue weighted by molar-refractivity contribution is 0.118. The molecule has 1 N–H and O–H groups in total. The molecule has 0 heterocycles. The Kier molecular flexibility index (Phi) is 4.43. The fourth-order valence-electron chi connectivity index (χ4n) is 2.51.